The Kier molecular flexibility index (Phi) is 6.28. The molecule has 2 aromatic heterocycles. The van der Waals surface area contributed by atoms with Gasteiger partial charge in [-0.3, -0.25) is 0 Å². The smallest absolute Gasteiger partial charge is 0.178 e. The van der Waals surface area contributed by atoms with Gasteiger partial charge in [0, 0.05) is 32.7 Å². The third-order valence-corrected chi connectivity index (χ3v) is 10.7. The average Bonchev–Trinajstić information content (AvgIpc) is 3.79. The molecule has 0 aliphatic heterocycles. The van der Waals surface area contributed by atoms with Gasteiger partial charge in [-0.1, -0.05) is 164 Å². The van der Waals surface area contributed by atoms with Crippen molar-refractivity contribution in [2.24, 2.45) is 0 Å². The fraction of sp³-hybridized carbons (Fsp3) is 0. The standard InChI is InChI=1S/C50H30O2/c1-3-15-31(16-4-1)33-24-13-25-34(32-17-5-2-6-18-32)46(33)47-38-22-9-7-20-36(38)45(37-21-8-10-23-39(37)47)43-27-14-26-40-42-30-29-41-35-19-11-12-28-44(35)51-49(41)50(42)52-48(40)43/h1-30H. The highest BCUT2D eigenvalue weighted by Gasteiger charge is 2.24. The molecule has 0 saturated carbocycles. The van der Waals surface area contributed by atoms with Crippen LogP contribution in [0.2, 0.25) is 0 Å². The predicted octanol–water partition coefficient (Wildman–Crippen LogP) is 14.5. The maximum Gasteiger partial charge on any atom is 0.178 e. The summed E-state index contributed by atoms with van der Waals surface area (Å²) in [5, 5.41) is 9.05. The molecule has 2 heterocycles. The van der Waals surface area contributed by atoms with Crippen LogP contribution in [0.4, 0.5) is 0 Å². The Balaban J connectivity index is 1.27. The van der Waals surface area contributed by atoms with Crippen LogP contribution in [-0.2, 0) is 0 Å². The Morgan fingerprint density at radius 3 is 1.27 bits per heavy atom. The largest absolute Gasteiger partial charge is 0.452 e. The molecule has 0 amide bonds. The maximum absolute atomic E-state index is 6.95. The second-order valence-corrected chi connectivity index (χ2v) is 13.5. The summed E-state index contributed by atoms with van der Waals surface area (Å²) in [5.41, 5.74) is 12.8. The minimum Gasteiger partial charge on any atom is -0.452 e. The highest BCUT2D eigenvalue weighted by molar-refractivity contribution is 6.27. The van der Waals surface area contributed by atoms with Gasteiger partial charge in [0.25, 0.3) is 0 Å². The molecule has 0 fully saturated rings. The molecular weight excluding hydrogens is 633 g/mol. The number of para-hydroxylation sites is 2. The molecule has 0 radical (unpaired) electrons. The van der Waals surface area contributed by atoms with Crippen LogP contribution in [0.25, 0.3) is 110 Å². The van der Waals surface area contributed by atoms with Crippen molar-refractivity contribution in [3.05, 3.63) is 182 Å². The zero-order valence-corrected chi connectivity index (χ0v) is 28.1. The summed E-state index contributed by atoms with van der Waals surface area (Å²) in [6.45, 7) is 0. The first-order chi connectivity index (χ1) is 25.8. The van der Waals surface area contributed by atoms with Gasteiger partial charge >= 0.3 is 0 Å². The first-order valence-corrected chi connectivity index (χ1v) is 17.8. The van der Waals surface area contributed by atoms with Crippen molar-refractivity contribution >= 4 is 65.4 Å². The Labute approximate surface area is 299 Å². The Morgan fingerprint density at radius 1 is 0.231 bits per heavy atom. The summed E-state index contributed by atoms with van der Waals surface area (Å²) in [4.78, 5) is 0. The van der Waals surface area contributed by atoms with Crippen molar-refractivity contribution in [2.45, 2.75) is 0 Å². The van der Waals surface area contributed by atoms with Crippen molar-refractivity contribution in [3.63, 3.8) is 0 Å². The second kappa shape index (κ2) is 11.3. The number of hydrogen-bond acceptors (Lipinski definition) is 2. The quantitative estimate of drug-likeness (QED) is 0.175. The van der Waals surface area contributed by atoms with Gasteiger partial charge < -0.3 is 8.83 Å². The summed E-state index contributed by atoms with van der Waals surface area (Å²) < 4.78 is 13.4. The van der Waals surface area contributed by atoms with Crippen molar-refractivity contribution in [3.8, 4) is 44.5 Å². The molecule has 0 bridgehead atoms. The van der Waals surface area contributed by atoms with Crippen LogP contribution in [0.3, 0.4) is 0 Å². The van der Waals surface area contributed by atoms with E-state index in [1.165, 1.54) is 60.5 Å². The van der Waals surface area contributed by atoms with Crippen LogP contribution in [0, 0.1) is 0 Å². The second-order valence-electron chi connectivity index (χ2n) is 13.5. The zero-order valence-electron chi connectivity index (χ0n) is 28.1. The molecule has 0 spiro atoms. The van der Waals surface area contributed by atoms with E-state index in [-0.39, 0.29) is 0 Å². The molecule has 242 valence electrons. The molecule has 11 rings (SSSR count). The monoisotopic (exact) mass is 662 g/mol. The van der Waals surface area contributed by atoms with E-state index in [0.717, 1.165) is 49.4 Å². The van der Waals surface area contributed by atoms with Gasteiger partial charge in [0.2, 0.25) is 0 Å². The first-order valence-electron chi connectivity index (χ1n) is 17.8. The molecule has 2 nitrogen and oxygen atoms in total. The lowest BCUT2D eigenvalue weighted by Crippen LogP contribution is -1.95. The average molecular weight is 663 g/mol. The highest BCUT2D eigenvalue weighted by atomic mass is 16.4. The van der Waals surface area contributed by atoms with Gasteiger partial charge in [-0.2, -0.15) is 0 Å². The molecular formula is C50H30O2. The van der Waals surface area contributed by atoms with E-state index in [0.29, 0.717) is 0 Å². The van der Waals surface area contributed by atoms with E-state index in [9.17, 15) is 0 Å². The van der Waals surface area contributed by atoms with Gasteiger partial charge in [0.15, 0.2) is 11.2 Å². The van der Waals surface area contributed by atoms with Crippen molar-refractivity contribution < 1.29 is 8.83 Å². The van der Waals surface area contributed by atoms with Gasteiger partial charge in [0.1, 0.15) is 11.2 Å². The van der Waals surface area contributed by atoms with Crippen LogP contribution in [-0.4, -0.2) is 0 Å². The van der Waals surface area contributed by atoms with Gasteiger partial charge in [-0.05, 0) is 73.1 Å². The van der Waals surface area contributed by atoms with Crippen LogP contribution in [0.15, 0.2) is 191 Å². The van der Waals surface area contributed by atoms with Crippen LogP contribution in [0.1, 0.15) is 0 Å². The third-order valence-electron chi connectivity index (χ3n) is 10.7. The Hall–Kier alpha value is -6.90. The predicted molar refractivity (Wildman–Crippen MR) is 218 cm³/mol. The third kappa shape index (κ3) is 4.19. The Morgan fingerprint density at radius 2 is 0.654 bits per heavy atom. The van der Waals surface area contributed by atoms with E-state index in [4.69, 9.17) is 8.83 Å². The van der Waals surface area contributed by atoms with E-state index in [1.807, 2.05) is 12.1 Å². The van der Waals surface area contributed by atoms with Crippen molar-refractivity contribution in [1.82, 2.24) is 0 Å². The van der Waals surface area contributed by atoms with Crippen molar-refractivity contribution in [1.29, 1.82) is 0 Å². The molecule has 0 atom stereocenters. The fourth-order valence-corrected chi connectivity index (χ4v) is 8.46. The van der Waals surface area contributed by atoms with Gasteiger partial charge in [-0.15, -0.1) is 0 Å². The first kappa shape index (κ1) is 28.9. The SMILES string of the molecule is c1ccc(-c2cccc(-c3ccccc3)c2-c2c3ccccc3c(-c3cccc4c3oc3c4ccc4c5ccccc5oc43)c3ccccc23)cc1. The summed E-state index contributed by atoms with van der Waals surface area (Å²) >= 11 is 0. The number of furan rings is 2. The topological polar surface area (TPSA) is 26.3 Å². The molecule has 2 heteroatoms. The highest BCUT2D eigenvalue weighted by Crippen LogP contribution is 2.51. The van der Waals surface area contributed by atoms with Gasteiger partial charge in [-0.25, -0.2) is 0 Å². The molecule has 52 heavy (non-hydrogen) atoms. The molecule has 0 aliphatic rings. The van der Waals surface area contributed by atoms with Crippen molar-refractivity contribution in [2.75, 3.05) is 0 Å². The summed E-state index contributed by atoms with van der Waals surface area (Å²) in [5.74, 6) is 0. The fourth-order valence-electron chi connectivity index (χ4n) is 8.46. The Bertz CT molecular complexity index is 3050. The van der Waals surface area contributed by atoms with E-state index >= 15 is 0 Å². The number of benzene rings is 9. The summed E-state index contributed by atoms with van der Waals surface area (Å²) in [7, 11) is 0. The number of fused-ring (bicyclic) bond motifs is 9. The van der Waals surface area contributed by atoms with Gasteiger partial charge in [0.05, 0.1) is 0 Å². The molecule has 11 aromatic rings. The maximum atomic E-state index is 6.95. The lowest BCUT2D eigenvalue weighted by Gasteiger charge is -2.22. The minimum atomic E-state index is 0.783. The van der Waals surface area contributed by atoms with E-state index in [1.54, 1.807) is 0 Å². The number of hydrogen-bond donors (Lipinski definition) is 0. The molecule has 0 aliphatic carbocycles. The van der Waals surface area contributed by atoms with E-state index < -0.39 is 0 Å². The summed E-state index contributed by atoms with van der Waals surface area (Å²) in [6.07, 6.45) is 0. The van der Waals surface area contributed by atoms with Crippen LogP contribution in [0.5, 0.6) is 0 Å². The molecule has 9 aromatic carbocycles. The van der Waals surface area contributed by atoms with Crippen LogP contribution >= 0.6 is 0 Å². The minimum absolute atomic E-state index is 0.783. The lowest BCUT2D eigenvalue weighted by molar-refractivity contribution is 0.634. The molecule has 0 N–H and O–H groups in total. The van der Waals surface area contributed by atoms with E-state index in [2.05, 4.69) is 170 Å². The summed E-state index contributed by atoms with van der Waals surface area (Å²) in [6, 6.07) is 65.1. The normalized spacial score (nSPS) is 11.8. The number of rotatable bonds is 4. The lowest BCUT2D eigenvalue weighted by atomic mass is 9.81. The zero-order chi connectivity index (χ0) is 34.2. The molecule has 0 unspecified atom stereocenters. The molecule has 0 saturated heterocycles. The van der Waals surface area contributed by atoms with Crippen LogP contribution < -0.4 is 0 Å².